The molecule has 1 N–H and O–H groups in total. The molecule has 6 unspecified atom stereocenters. The van der Waals surface area contributed by atoms with Gasteiger partial charge in [0.1, 0.15) is 12.2 Å². The molecule has 0 bridgehead atoms. The van der Waals surface area contributed by atoms with E-state index >= 15 is 0 Å². The van der Waals surface area contributed by atoms with Crippen molar-refractivity contribution in [2.45, 2.75) is 44.3 Å². The topological polar surface area (TPSA) is 76.7 Å². The predicted octanol–water partition coefficient (Wildman–Crippen LogP) is 2.25. The van der Waals surface area contributed by atoms with Crippen molar-refractivity contribution in [1.82, 2.24) is 0 Å². The van der Waals surface area contributed by atoms with Crippen LogP contribution in [0.15, 0.2) is 23.0 Å². The fourth-order valence-corrected chi connectivity index (χ4v) is 4.68. The smallest absolute Gasteiger partial charge is 0.309 e. The highest BCUT2D eigenvalue weighted by Crippen LogP contribution is 2.51. The number of carbonyl (C=O) groups excluding carboxylic acids is 2. The lowest BCUT2D eigenvalue weighted by molar-refractivity contribution is -0.176. The van der Waals surface area contributed by atoms with Crippen molar-refractivity contribution in [1.29, 1.82) is 0 Å². The average Bonchev–Trinajstić information content (AvgIpc) is 3.04. The highest BCUT2D eigenvalue weighted by atomic mass is 16.5. The van der Waals surface area contributed by atoms with Crippen molar-refractivity contribution in [2.75, 3.05) is 0 Å². The maximum Gasteiger partial charge on any atom is 0.309 e. The second-order valence-electron chi connectivity index (χ2n) is 6.85. The Labute approximate surface area is 128 Å². The zero-order valence-corrected chi connectivity index (χ0v) is 12.3. The van der Waals surface area contributed by atoms with Gasteiger partial charge in [-0.25, -0.2) is 0 Å². The van der Waals surface area contributed by atoms with Crippen LogP contribution in [0.2, 0.25) is 0 Å². The average molecular weight is 304 g/mol. The summed E-state index contributed by atoms with van der Waals surface area (Å²) in [5.74, 6) is -0.348. The zero-order valence-electron chi connectivity index (χ0n) is 12.3. The van der Waals surface area contributed by atoms with E-state index in [1.54, 1.807) is 18.6 Å². The number of furan rings is 1. The molecule has 3 aliphatic rings. The fraction of sp³-hybridized carbons (Fsp3) is 0.647. The van der Waals surface area contributed by atoms with E-state index in [4.69, 9.17) is 9.15 Å². The summed E-state index contributed by atoms with van der Waals surface area (Å²) in [6, 6.07) is 1.80. The zero-order chi connectivity index (χ0) is 15.3. The summed E-state index contributed by atoms with van der Waals surface area (Å²) in [4.78, 5) is 24.9. The molecule has 1 aromatic rings. The molecule has 5 nitrogen and oxygen atoms in total. The molecule has 2 heterocycles. The number of aliphatic hydroxyl groups is 1. The van der Waals surface area contributed by atoms with Gasteiger partial charge in [-0.2, -0.15) is 0 Å². The summed E-state index contributed by atoms with van der Waals surface area (Å²) in [6.45, 7) is 0. The molecule has 1 saturated heterocycles. The second kappa shape index (κ2) is 5.23. The number of aliphatic hydroxyl groups excluding tert-OH is 1. The van der Waals surface area contributed by atoms with Gasteiger partial charge in [-0.15, -0.1) is 0 Å². The first-order valence-corrected chi connectivity index (χ1v) is 8.09. The number of ether oxygens (including phenoxy) is 1. The molecule has 1 aliphatic heterocycles. The quantitative estimate of drug-likeness (QED) is 0.805. The van der Waals surface area contributed by atoms with Gasteiger partial charge in [0.25, 0.3) is 0 Å². The molecule has 4 rings (SSSR count). The Hall–Kier alpha value is -1.62. The molecule has 2 aliphatic carbocycles. The minimum absolute atomic E-state index is 0.0117. The largest absolute Gasteiger partial charge is 0.472 e. The summed E-state index contributed by atoms with van der Waals surface area (Å²) in [5.41, 5.74) is 0.845. The monoisotopic (exact) mass is 304 g/mol. The third kappa shape index (κ3) is 2.10. The van der Waals surface area contributed by atoms with Crippen molar-refractivity contribution in [2.24, 2.45) is 23.7 Å². The molecular formula is C17H20O5. The molecule has 5 heteroatoms. The molecular weight excluding hydrogens is 284 g/mol. The van der Waals surface area contributed by atoms with E-state index in [-0.39, 0.29) is 35.6 Å². The number of Topliss-reactive ketones (excluding diaryl/α,β-unsaturated/α-hetero) is 1. The van der Waals surface area contributed by atoms with Crippen molar-refractivity contribution in [3.05, 3.63) is 24.2 Å². The van der Waals surface area contributed by atoms with Crippen LogP contribution < -0.4 is 0 Å². The van der Waals surface area contributed by atoms with Crippen LogP contribution in [0, 0.1) is 23.7 Å². The van der Waals surface area contributed by atoms with Crippen LogP contribution in [0.25, 0.3) is 0 Å². The van der Waals surface area contributed by atoms with E-state index in [1.807, 2.05) is 0 Å². The molecule has 0 radical (unpaired) electrons. The SMILES string of the molecule is O=C1OC(c2ccoc2)CC2C1CCC1CCC(O)C(=O)C12. The van der Waals surface area contributed by atoms with Crippen LogP contribution in [-0.2, 0) is 14.3 Å². The number of carbonyl (C=O) groups is 2. The van der Waals surface area contributed by atoms with Crippen LogP contribution in [0.1, 0.15) is 43.8 Å². The normalized spacial score (nSPS) is 41.5. The van der Waals surface area contributed by atoms with E-state index in [9.17, 15) is 14.7 Å². The van der Waals surface area contributed by atoms with E-state index in [1.165, 1.54) is 0 Å². The number of hydrogen-bond donors (Lipinski definition) is 1. The number of rotatable bonds is 1. The molecule has 0 amide bonds. The number of esters is 1. The van der Waals surface area contributed by atoms with Gasteiger partial charge in [0.15, 0.2) is 5.78 Å². The third-order valence-electron chi connectivity index (χ3n) is 5.76. The number of cyclic esters (lactones) is 1. The van der Waals surface area contributed by atoms with Gasteiger partial charge in [0.05, 0.1) is 18.4 Å². The van der Waals surface area contributed by atoms with Crippen LogP contribution in [0.3, 0.4) is 0 Å². The van der Waals surface area contributed by atoms with E-state index < -0.39 is 6.10 Å². The second-order valence-corrected chi connectivity index (χ2v) is 6.85. The van der Waals surface area contributed by atoms with E-state index in [2.05, 4.69) is 0 Å². The maximum atomic E-state index is 12.5. The van der Waals surface area contributed by atoms with Crippen LogP contribution in [0.5, 0.6) is 0 Å². The minimum atomic E-state index is -0.856. The Balaban J connectivity index is 1.64. The fourth-order valence-electron chi connectivity index (χ4n) is 4.68. The predicted molar refractivity (Wildman–Crippen MR) is 75.6 cm³/mol. The summed E-state index contributed by atoms with van der Waals surface area (Å²) in [6.07, 6.45) is 5.74. The lowest BCUT2D eigenvalue weighted by Gasteiger charge is -2.48. The Morgan fingerprint density at radius 1 is 1.14 bits per heavy atom. The van der Waals surface area contributed by atoms with Crippen molar-refractivity contribution in [3.8, 4) is 0 Å². The van der Waals surface area contributed by atoms with Gasteiger partial charge in [0.2, 0.25) is 0 Å². The van der Waals surface area contributed by atoms with Gasteiger partial charge < -0.3 is 14.3 Å². The molecule has 3 fully saturated rings. The molecule has 6 atom stereocenters. The number of hydrogen-bond acceptors (Lipinski definition) is 5. The standard InChI is InChI=1S/C17H20O5/c18-13-4-2-9-1-3-11-12(15(9)16(13)19)7-14(22-17(11)20)10-5-6-21-8-10/h5-6,8-9,11-15,18H,1-4,7H2. The van der Waals surface area contributed by atoms with Gasteiger partial charge in [-0.3, -0.25) is 9.59 Å². The summed E-state index contributed by atoms with van der Waals surface area (Å²) in [5, 5.41) is 9.94. The molecule has 2 saturated carbocycles. The van der Waals surface area contributed by atoms with Crippen molar-refractivity contribution in [3.63, 3.8) is 0 Å². The Morgan fingerprint density at radius 2 is 1.95 bits per heavy atom. The van der Waals surface area contributed by atoms with Gasteiger partial charge >= 0.3 is 5.97 Å². The van der Waals surface area contributed by atoms with Crippen molar-refractivity contribution < 1.29 is 23.8 Å². The Kier molecular flexibility index (Phi) is 3.33. The summed E-state index contributed by atoms with van der Waals surface area (Å²) < 4.78 is 10.7. The van der Waals surface area contributed by atoms with Crippen LogP contribution >= 0.6 is 0 Å². The number of ketones is 1. The summed E-state index contributed by atoms with van der Waals surface area (Å²) in [7, 11) is 0. The van der Waals surface area contributed by atoms with Gasteiger partial charge in [-0.05, 0) is 50.0 Å². The minimum Gasteiger partial charge on any atom is -0.472 e. The van der Waals surface area contributed by atoms with Crippen molar-refractivity contribution >= 4 is 11.8 Å². The lowest BCUT2D eigenvalue weighted by atomic mass is 9.58. The lowest BCUT2D eigenvalue weighted by Crippen LogP contribution is -2.51. The first-order valence-electron chi connectivity index (χ1n) is 8.09. The Bertz CT molecular complexity index is 578. The van der Waals surface area contributed by atoms with Gasteiger partial charge in [0, 0.05) is 11.5 Å². The molecule has 22 heavy (non-hydrogen) atoms. The molecule has 118 valence electrons. The Morgan fingerprint density at radius 3 is 2.73 bits per heavy atom. The highest BCUT2D eigenvalue weighted by Gasteiger charge is 2.52. The number of fused-ring (bicyclic) bond motifs is 3. The maximum absolute atomic E-state index is 12.5. The molecule has 0 aromatic carbocycles. The van der Waals surface area contributed by atoms with Crippen LogP contribution in [-0.4, -0.2) is 23.0 Å². The summed E-state index contributed by atoms with van der Waals surface area (Å²) >= 11 is 0. The molecule has 1 aromatic heterocycles. The first kappa shape index (κ1) is 14.0. The van der Waals surface area contributed by atoms with Gasteiger partial charge in [-0.1, -0.05) is 0 Å². The first-order chi connectivity index (χ1) is 10.6. The third-order valence-corrected chi connectivity index (χ3v) is 5.76. The highest BCUT2D eigenvalue weighted by molar-refractivity contribution is 5.87. The molecule has 0 spiro atoms. The van der Waals surface area contributed by atoms with E-state index in [0.717, 1.165) is 24.8 Å². The van der Waals surface area contributed by atoms with Crippen LogP contribution in [0.4, 0.5) is 0 Å². The van der Waals surface area contributed by atoms with E-state index in [0.29, 0.717) is 18.8 Å².